The topological polar surface area (TPSA) is 72.5 Å². The van der Waals surface area contributed by atoms with E-state index in [2.05, 4.69) is 10.2 Å². The van der Waals surface area contributed by atoms with Crippen molar-refractivity contribution in [2.45, 2.75) is 46.6 Å². The second kappa shape index (κ2) is 8.00. The fraction of sp³-hybridized carbons (Fsp3) is 0.364. The maximum Gasteiger partial charge on any atom is 0.272 e. The Bertz CT molecular complexity index is 1060. The summed E-state index contributed by atoms with van der Waals surface area (Å²) in [4.78, 5) is 41.2. The number of nitrogens with one attached hydrogen (secondary N) is 1. The van der Waals surface area contributed by atoms with Crippen molar-refractivity contribution >= 4 is 28.8 Å². The average molecular weight is 395 g/mol. The number of carbonyl (C=O) groups is 3. The van der Waals surface area contributed by atoms with E-state index in [1.807, 2.05) is 13.8 Å². The Morgan fingerprint density at radius 2 is 2.03 bits per heavy atom. The third kappa shape index (κ3) is 3.83. The normalized spacial score (nSPS) is 12.6. The van der Waals surface area contributed by atoms with Gasteiger partial charge in [0.15, 0.2) is 0 Å². The predicted molar refractivity (Wildman–Crippen MR) is 107 cm³/mol. The molecular formula is C22H22FN3O3. The van der Waals surface area contributed by atoms with Crippen LogP contribution in [0.25, 0.3) is 4.85 Å². The van der Waals surface area contributed by atoms with Gasteiger partial charge in [0.1, 0.15) is 11.5 Å². The molecule has 2 aromatic rings. The second-order valence-corrected chi connectivity index (χ2v) is 7.63. The summed E-state index contributed by atoms with van der Waals surface area (Å²) in [5.41, 5.74) is 1.96. The summed E-state index contributed by atoms with van der Waals surface area (Å²) in [6, 6.07) is 3.77. The largest absolute Gasteiger partial charge is 0.340 e. The fourth-order valence-corrected chi connectivity index (χ4v) is 3.78. The predicted octanol–water partition coefficient (Wildman–Crippen LogP) is 4.48. The smallest absolute Gasteiger partial charge is 0.272 e. The fourth-order valence-electron chi connectivity index (χ4n) is 3.78. The zero-order valence-corrected chi connectivity index (χ0v) is 16.6. The SMILES string of the molecule is [C-]#[N+]c1cc(NC(=O)c2c(C)c(C(=O)C(=O)CC(C)C)c3n2CCC3)ccc1F. The summed E-state index contributed by atoms with van der Waals surface area (Å²) < 4.78 is 15.3. The minimum Gasteiger partial charge on any atom is -0.340 e. The summed E-state index contributed by atoms with van der Waals surface area (Å²) in [6.45, 7) is 13.0. The van der Waals surface area contributed by atoms with Crippen LogP contribution in [0.5, 0.6) is 0 Å². The number of amides is 1. The highest BCUT2D eigenvalue weighted by Gasteiger charge is 2.33. The van der Waals surface area contributed by atoms with Crippen LogP contribution in [0.1, 0.15) is 58.8 Å². The Labute approximate surface area is 168 Å². The van der Waals surface area contributed by atoms with Crippen molar-refractivity contribution in [1.82, 2.24) is 4.57 Å². The van der Waals surface area contributed by atoms with E-state index < -0.39 is 23.3 Å². The van der Waals surface area contributed by atoms with Gasteiger partial charge in [-0.2, -0.15) is 0 Å². The van der Waals surface area contributed by atoms with E-state index in [-0.39, 0.29) is 18.0 Å². The molecule has 0 atom stereocenters. The highest BCUT2D eigenvalue weighted by molar-refractivity contribution is 6.44. The summed E-state index contributed by atoms with van der Waals surface area (Å²) in [6.07, 6.45) is 1.58. The third-order valence-corrected chi connectivity index (χ3v) is 5.02. The molecule has 0 spiro atoms. The first kappa shape index (κ1) is 20.5. The van der Waals surface area contributed by atoms with E-state index >= 15 is 0 Å². The van der Waals surface area contributed by atoms with Crippen LogP contribution in [-0.4, -0.2) is 22.0 Å². The minimum absolute atomic E-state index is 0.0697. The molecule has 0 saturated heterocycles. The zero-order chi connectivity index (χ0) is 21.3. The Morgan fingerprint density at radius 3 is 2.69 bits per heavy atom. The molecule has 6 nitrogen and oxygen atoms in total. The number of rotatable bonds is 6. The first-order chi connectivity index (χ1) is 13.7. The molecular weight excluding hydrogens is 373 g/mol. The number of aromatic nitrogens is 1. The van der Waals surface area contributed by atoms with E-state index in [1.54, 1.807) is 11.5 Å². The standard InChI is InChI=1S/C22H22FN3O3/c1-12(2)10-18(27)21(28)19-13(3)20(26-9-5-6-17(19)26)22(29)25-14-7-8-15(23)16(11-14)24-4/h7-8,11-12H,5-6,9-10H2,1-3H3,(H,25,29). The number of benzene rings is 1. The molecule has 0 fully saturated rings. The van der Waals surface area contributed by atoms with E-state index in [0.717, 1.165) is 18.2 Å². The Kier molecular flexibility index (Phi) is 5.64. The van der Waals surface area contributed by atoms with E-state index in [1.165, 1.54) is 12.1 Å². The first-order valence-electron chi connectivity index (χ1n) is 9.52. The highest BCUT2D eigenvalue weighted by Crippen LogP contribution is 2.31. The maximum absolute atomic E-state index is 13.5. The molecule has 29 heavy (non-hydrogen) atoms. The summed E-state index contributed by atoms with van der Waals surface area (Å²) in [5, 5.41) is 2.68. The number of carbonyl (C=O) groups excluding carboxylic acids is 3. The van der Waals surface area contributed by atoms with Crippen molar-refractivity contribution in [2.75, 3.05) is 5.32 Å². The number of ketones is 2. The van der Waals surface area contributed by atoms with E-state index in [9.17, 15) is 18.8 Å². The van der Waals surface area contributed by atoms with Crippen LogP contribution in [-0.2, 0) is 17.8 Å². The quantitative estimate of drug-likeness (QED) is 0.445. The van der Waals surface area contributed by atoms with E-state index in [0.29, 0.717) is 35.5 Å². The van der Waals surface area contributed by atoms with Gasteiger partial charge in [-0.25, -0.2) is 9.24 Å². The molecule has 3 rings (SSSR count). The molecule has 1 aliphatic heterocycles. The molecule has 1 aliphatic rings. The lowest BCUT2D eigenvalue weighted by molar-refractivity contribution is -0.115. The third-order valence-electron chi connectivity index (χ3n) is 5.02. The molecule has 0 radical (unpaired) electrons. The Morgan fingerprint density at radius 1 is 1.31 bits per heavy atom. The molecule has 1 N–H and O–H groups in total. The lowest BCUT2D eigenvalue weighted by Crippen LogP contribution is -2.19. The van der Waals surface area contributed by atoms with Crippen LogP contribution in [0, 0.1) is 25.2 Å². The van der Waals surface area contributed by atoms with Crippen LogP contribution < -0.4 is 5.32 Å². The van der Waals surface area contributed by atoms with Crippen LogP contribution in [0.4, 0.5) is 15.8 Å². The molecule has 0 bridgehead atoms. The number of hydrogen-bond acceptors (Lipinski definition) is 3. The summed E-state index contributed by atoms with van der Waals surface area (Å²) in [5.74, 6) is -2.04. The number of hydrogen-bond donors (Lipinski definition) is 1. The molecule has 1 aromatic heterocycles. The highest BCUT2D eigenvalue weighted by atomic mass is 19.1. The van der Waals surface area contributed by atoms with Crippen LogP contribution in [0.2, 0.25) is 0 Å². The van der Waals surface area contributed by atoms with Gasteiger partial charge in [0.05, 0.1) is 12.1 Å². The van der Waals surface area contributed by atoms with Gasteiger partial charge in [-0.05, 0) is 49.4 Å². The molecule has 7 heteroatoms. The van der Waals surface area contributed by atoms with Gasteiger partial charge in [0, 0.05) is 24.3 Å². The van der Waals surface area contributed by atoms with Crippen molar-refractivity contribution in [3.05, 3.63) is 57.9 Å². The van der Waals surface area contributed by atoms with Crippen LogP contribution in [0.15, 0.2) is 18.2 Å². The number of nitrogens with zero attached hydrogens (tertiary/aromatic N) is 2. The molecule has 0 unspecified atom stereocenters. The molecule has 1 amide bonds. The summed E-state index contributed by atoms with van der Waals surface area (Å²) >= 11 is 0. The van der Waals surface area contributed by atoms with Gasteiger partial charge in [0.2, 0.25) is 17.3 Å². The molecule has 2 heterocycles. The van der Waals surface area contributed by atoms with Crippen LogP contribution in [0.3, 0.4) is 0 Å². The van der Waals surface area contributed by atoms with Gasteiger partial charge in [-0.1, -0.05) is 13.8 Å². The molecule has 150 valence electrons. The van der Waals surface area contributed by atoms with Gasteiger partial charge in [0.25, 0.3) is 5.91 Å². The van der Waals surface area contributed by atoms with Gasteiger partial charge < -0.3 is 9.88 Å². The molecule has 1 aromatic carbocycles. The van der Waals surface area contributed by atoms with E-state index in [4.69, 9.17) is 6.57 Å². The Hall–Kier alpha value is -3.27. The van der Waals surface area contributed by atoms with Crippen LogP contribution >= 0.6 is 0 Å². The molecule has 0 saturated carbocycles. The monoisotopic (exact) mass is 395 g/mol. The van der Waals surface area contributed by atoms with Gasteiger partial charge in [-0.15, -0.1) is 0 Å². The first-order valence-corrected chi connectivity index (χ1v) is 9.52. The second-order valence-electron chi connectivity index (χ2n) is 7.63. The lowest BCUT2D eigenvalue weighted by Gasteiger charge is -2.09. The lowest BCUT2D eigenvalue weighted by atomic mass is 9.96. The van der Waals surface area contributed by atoms with Crippen molar-refractivity contribution < 1.29 is 18.8 Å². The number of anilines is 1. The number of halogens is 1. The zero-order valence-electron chi connectivity index (χ0n) is 16.6. The van der Waals surface area contributed by atoms with Crippen molar-refractivity contribution in [1.29, 1.82) is 0 Å². The van der Waals surface area contributed by atoms with Gasteiger partial charge in [-0.3, -0.25) is 14.4 Å². The molecule has 0 aliphatic carbocycles. The summed E-state index contributed by atoms with van der Waals surface area (Å²) in [7, 11) is 0. The Balaban J connectivity index is 1.97. The number of fused-ring (bicyclic) bond motifs is 1. The van der Waals surface area contributed by atoms with Gasteiger partial charge >= 0.3 is 0 Å². The number of Topliss-reactive ketones (excluding diaryl/α,β-unsaturated/α-hetero) is 2. The van der Waals surface area contributed by atoms with Crippen molar-refractivity contribution in [3.63, 3.8) is 0 Å². The average Bonchev–Trinajstić information content (AvgIpc) is 3.21. The van der Waals surface area contributed by atoms with Crippen molar-refractivity contribution in [3.8, 4) is 0 Å². The maximum atomic E-state index is 13.5. The van der Waals surface area contributed by atoms with Crippen molar-refractivity contribution in [2.24, 2.45) is 5.92 Å². The minimum atomic E-state index is -0.658.